The highest BCUT2D eigenvalue weighted by molar-refractivity contribution is 5.83. The number of imidazole rings is 1. The molecule has 3 rings (SSSR count). The summed E-state index contributed by atoms with van der Waals surface area (Å²) in [6.07, 6.45) is 10.4. The van der Waals surface area contributed by atoms with E-state index in [2.05, 4.69) is 33.8 Å². The molecule has 1 atom stereocenters. The lowest BCUT2D eigenvalue weighted by Gasteiger charge is -2.25. The smallest absolute Gasteiger partial charge is 0.165 e. The van der Waals surface area contributed by atoms with E-state index < -0.39 is 0 Å². The molecule has 22 heavy (non-hydrogen) atoms. The highest BCUT2D eigenvalue weighted by atomic mass is 16.3. The first-order valence-electron chi connectivity index (χ1n) is 8.27. The Labute approximate surface area is 131 Å². The van der Waals surface area contributed by atoms with Crippen LogP contribution in [0.15, 0.2) is 12.7 Å². The number of anilines is 1. The zero-order valence-electron chi connectivity index (χ0n) is 13.4. The molecule has 2 aromatic heterocycles. The molecule has 2 aromatic rings. The monoisotopic (exact) mass is 303 g/mol. The Morgan fingerprint density at radius 2 is 2.09 bits per heavy atom. The van der Waals surface area contributed by atoms with Crippen LogP contribution in [-0.2, 0) is 0 Å². The molecule has 1 fully saturated rings. The Kier molecular flexibility index (Phi) is 4.57. The highest BCUT2D eigenvalue weighted by Gasteiger charge is 2.24. The van der Waals surface area contributed by atoms with Gasteiger partial charge < -0.3 is 14.6 Å². The second kappa shape index (κ2) is 6.60. The van der Waals surface area contributed by atoms with E-state index in [4.69, 9.17) is 0 Å². The maximum Gasteiger partial charge on any atom is 0.165 e. The minimum atomic E-state index is 0.0366. The number of hydrogen-bond donors (Lipinski definition) is 1. The van der Waals surface area contributed by atoms with Gasteiger partial charge in [0.05, 0.1) is 19.0 Å². The molecule has 1 N–H and O–H groups in total. The molecule has 0 aliphatic heterocycles. The molecule has 2 heterocycles. The van der Waals surface area contributed by atoms with Crippen LogP contribution in [0.1, 0.15) is 51.5 Å². The predicted octanol–water partition coefficient (Wildman–Crippen LogP) is 2.54. The average molecular weight is 303 g/mol. The average Bonchev–Trinajstić information content (AvgIpc) is 3.21. The molecule has 6 heteroatoms. The normalized spacial score (nSPS) is 17.2. The maximum absolute atomic E-state index is 9.64. The number of rotatable bonds is 6. The SMILES string of the molecule is CCCC(CO)n1cnc2c(N(C)C3CCCC3)ncnc21. The Morgan fingerprint density at radius 3 is 2.77 bits per heavy atom. The van der Waals surface area contributed by atoms with Crippen molar-refractivity contribution in [1.29, 1.82) is 0 Å². The molecule has 1 unspecified atom stereocenters. The van der Waals surface area contributed by atoms with Gasteiger partial charge in [-0.2, -0.15) is 0 Å². The topological polar surface area (TPSA) is 67.1 Å². The molecule has 1 saturated carbocycles. The Bertz CT molecular complexity index is 620. The minimum Gasteiger partial charge on any atom is -0.394 e. The molecular formula is C16H25N5O. The molecule has 1 aliphatic rings. The van der Waals surface area contributed by atoms with Gasteiger partial charge in [-0.05, 0) is 19.3 Å². The first kappa shape index (κ1) is 15.2. The van der Waals surface area contributed by atoms with Crippen molar-refractivity contribution in [3.63, 3.8) is 0 Å². The van der Waals surface area contributed by atoms with Crippen LogP contribution < -0.4 is 4.90 Å². The fourth-order valence-corrected chi connectivity index (χ4v) is 3.48. The van der Waals surface area contributed by atoms with E-state index in [1.807, 2.05) is 4.57 Å². The fourth-order valence-electron chi connectivity index (χ4n) is 3.48. The summed E-state index contributed by atoms with van der Waals surface area (Å²) in [5.74, 6) is 0.906. The fraction of sp³-hybridized carbons (Fsp3) is 0.688. The van der Waals surface area contributed by atoms with Gasteiger partial charge in [0.15, 0.2) is 17.0 Å². The zero-order chi connectivity index (χ0) is 15.5. The second-order valence-electron chi connectivity index (χ2n) is 6.20. The van der Waals surface area contributed by atoms with Crippen molar-refractivity contribution in [1.82, 2.24) is 19.5 Å². The minimum absolute atomic E-state index is 0.0366. The summed E-state index contributed by atoms with van der Waals surface area (Å²) in [7, 11) is 2.10. The number of aliphatic hydroxyl groups is 1. The number of nitrogens with zero attached hydrogens (tertiary/aromatic N) is 5. The summed E-state index contributed by atoms with van der Waals surface area (Å²) in [6.45, 7) is 2.23. The summed E-state index contributed by atoms with van der Waals surface area (Å²) >= 11 is 0. The first-order valence-corrected chi connectivity index (χ1v) is 8.27. The molecule has 0 saturated heterocycles. The van der Waals surface area contributed by atoms with Gasteiger partial charge in [-0.1, -0.05) is 26.2 Å². The second-order valence-corrected chi connectivity index (χ2v) is 6.20. The van der Waals surface area contributed by atoms with Crippen molar-refractivity contribution >= 4 is 17.0 Å². The van der Waals surface area contributed by atoms with E-state index in [0.29, 0.717) is 6.04 Å². The van der Waals surface area contributed by atoms with Gasteiger partial charge in [-0.3, -0.25) is 0 Å². The van der Waals surface area contributed by atoms with Crippen molar-refractivity contribution in [2.24, 2.45) is 0 Å². The summed E-state index contributed by atoms with van der Waals surface area (Å²) < 4.78 is 1.99. The molecule has 0 spiro atoms. The summed E-state index contributed by atoms with van der Waals surface area (Å²) in [5.41, 5.74) is 1.66. The molecule has 0 aromatic carbocycles. The van der Waals surface area contributed by atoms with E-state index in [1.54, 1.807) is 12.7 Å². The van der Waals surface area contributed by atoms with Crippen LogP contribution in [0.3, 0.4) is 0 Å². The van der Waals surface area contributed by atoms with Crippen LogP contribution in [-0.4, -0.2) is 44.3 Å². The van der Waals surface area contributed by atoms with Crippen LogP contribution in [0, 0.1) is 0 Å². The summed E-state index contributed by atoms with van der Waals surface area (Å²) in [5, 5.41) is 9.64. The molecular weight excluding hydrogens is 278 g/mol. The first-order chi connectivity index (χ1) is 10.8. The maximum atomic E-state index is 9.64. The third-order valence-electron chi connectivity index (χ3n) is 4.77. The van der Waals surface area contributed by atoms with Crippen molar-refractivity contribution < 1.29 is 5.11 Å². The van der Waals surface area contributed by atoms with Crippen molar-refractivity contribution in [3.05, 3.63) is 12.7 Å². The van der Waals surface area contributed by atoms with Gasteiger partial charge >= 0.3 is 0 Å². The van der Waals surface area contributed by atoms with Gasteiger partial charge in [-0.25, -0.2) is 15.0 Å². The van der Waals surface area contributed by atoms with Crippen LogP contribution in [0.4, 0.5) is 5.82 Å². The van der Waals surface area contributed by atoms with E-state index in [1.165, 1.54) is 25.7 Å². The van der Waals surface area contributed by atoms with Gasteiger partial charge in [0.1, 0.15) is 6.33 Å². The van der Waals surface area contributed by atoms with Gasteiger partial charge in [0.25, 0.3) is 0 Å². The molecule has 0 amide bonds. The number of fused-ring (bicyclic) bond motifs is 1. The molecule has 0 radical (unpaired) electrons. The lowest BCUT2D eigenvalue weighted by Crippen LogP contribution is -2.29. The zero-order valence-corrected chi connectivity index (χ0v) is 13.4. The van der Waals surface area contributed by atoms with Crippen LogP contribution >= 0.6 is 0 Å². The highest BCUT2D eigenvalue weighted by Crippen LogP contribution is 2.30. The summed E-state index contributed by atoms with van der Waals surface area (Å²) in [6, 6.07) is 0.585. The van der Waals surface area contributed by atoms with Gasteiger partial charge in [0.2, 0.25) is 0 Å². The van der Waals surface area contributed by atoms with Crippen molar-refractivity contribution in [2.75, 3.05) is 18.6 Å². The lowest BCUT2D eigenvalue weighted by atomic mass is 10.2. The van der Waals surface area contributed by atoms with Crippen molar-refractivity contribution in [2.45, 2.75) is 57.5 Å². The Balaban J connectivity index is 1.97. The van der Waals surface area contributed by atoms with E-state index in [0.717, 1.165) is 29.8 Å². The van der Waals surface area contributed by atoms with Gasteiger partial charge in [0, 0.05) is 13.1 Å². The number of aromatic nitrogens is 4. The molecule has 1 aliphatic carbocycles. The van der Waals surface area contributed by atoms with Crippen LogP contribution in [0.25, 0.3) is 11.2 Å². The standard InChI is InChI=1S/C16H25N5O/c1-3-6-13(9-22)21-11-19-14-15(17-10-18-16(14)21)20(2)12-7-4-5-8-12/h10-13,22H,3-9H2,1-2H3. The molecule has 0 bridgehead atoms. The van der Waals surface area contributed by atoms with Gasteiger partial charge in [-0.15, -0.1) is 0 Å². The molecule has 6 nitrogen and oxygen atoms in total. The van der Waals surface area contributed by atoms with E-state index >= 15 is 0 Å². The Hall–Kier alpha value is -1.69. The third kappa shape index (κ3) is 2.67. The molecule has 120 valence electrons. The number of aliphatic hydroxyl groups excluding tert-OH is 1. The lowest BCUT2D eigenvalue weighted by molar-refractivity contribution is 0.222. The van der Waals surface area contributed by atoms with E-state index in [-0.39, 0.29) is 12.6 Å². The quantitative estimate of drug-likeness (QED) is 0.888. The summed E-state index contributed by atoms with van der Waals surface area (Å²) in [4.78, 5) is 15.7. The third-order valence-corrected chi connectivity index (χ3v) is 4.77. The van der Waals surface area contributed by atoms with Crippen LogP contribution in [0.5, 0.6) is 0 Å². The van der Waals surface area contributed by atoms with Crippen molar-refractivity contribution in [3.8, 4) is 0 Å². The Morgan fingerprint density at radius 1 is 1.32 bits per heavy atom. The predicted molar refractivity (Wildman–Crippen MR) is 87.0 cm³/mol. The van der Waals surface area contributed by atoms with Crippen LogP contribution in [0.2, 0.25) is 0 Å². The number of hydrogen-bond acceptors (Lipinski definition) is 5. The largest absolute Gasteiger partial charge is 0.394 e. The van der Waals surface area contributed by atoms with E-state index in [9.17, 15) is 5.11 Å².